The molecule has 30 heavy (non-hydrogen) atoms. The zero-order valence-corrected chi connectivity index (χ0v) is 16.9. The fourth-order valence-corrected chi connectivity index (χ4v) is 4.09. The van der Waals surface area contributed by atoms with E-state index in [1.54, 1.807) is 17.1 Å². The fourth-order valence-electron chi connectivity index (χ4n) is 3.91. The summed E-state index contributed by atoms with van der Waals surface area (Å²) in [5.74, 6) is -0.0502. The van der Waals surface area contributed by atoms with Crippen LogP contribution in [-0.4, -0.2) is 22.7 Å². The Bertz CT molecular complexity index is 1160. The number of ether oxygens (including phenoxy) is 1. The molecule has 0 saturated heterocycles. The zero-order chi connectivity index (χ0) is 20.8. The summed E-state index contributed by atoms with van der Waals surface area (Å²) in [4.78, 5) is 13.2. The van der Waals surface area contributed by atoms with Gasteiger partial charge in [0.1, 0.15) is 11.6 Å². The molecular formula is C24H18ClFN2O2. The summed E-state index contributed by atoms with van der Waals surface area (Å²) in [6, 6.07) is 18.8. The normalized spacial score (nSPS) is 19.6. The first-order chi connectivity index (χ1) is 14.5. The van der Waals surface area contributed by atoms with E-state index in [4.69, 9.17) is 21.4 Å². The average Bonchev–Trinajstić information content (AvgIpc) is 3.19. The lowest BCUT2D eigenvalue weighted by molar-refractivity contribution is -0.00455. The number of nitrogens with zero attached hydrogens (tertiary/aromatic N) is 2. The summed E-state index contributed by atoms with van der Waals surface area (Å²) in [6.07, 6.45) is -0.301. The topological polar surface area (TPSA) is 41.9 Å². The Morgan fingerprint density at radius 3 is 2.57 bits per heavy atom. The molecule has 0 spiro atoms. The predicted molar refractivity (Wildman–Crippen MR) is 114 cm³/mol. The van der Waals surface area contributed by atoms with Crippen molar-refractivity contribution < 1.29 is 13.9 Å². The molecule has 2 aliphatic rings. The van der Waals surface area contributed by atoms with Gasteiger partial charge in [0, 0.05) is 22.6 Å². The summed E-state index contributed by atoms with van der Waals surface area (Å²) in [6.45, 7) is 2.03. The second-order valence-corrected chi connectivity index (χ2v) is 7.97. The highest BCUT2D eigenvalue weighted by Gasteiger charge is 2.43. The Morgan fingerprint density at radius 1 is 1.10 bits per heavy atom. The lowest BCUT2D eigenvalue weighted by Crippen LogP contribution is -2.45. The van der Waals surface area contributed by atoms with E-state index in [9.17, 15) is 9.18 Å². The Hall–Kier alpha value is -3.18. The summed E-state index contributed by atoms with van der Waals surface area (Å²) in [7, 11) is 0. The van der Waals surface area contributed by atoms with Gasteiger partial charge in [0.25, 0.3) is 6.23 Å². The number of hydrogen-bond donors (Lipinski definition) is 0. The first-order valence-electron chi connectivity index (χ1n) is 9.68. The first-order valence-corrected chi connectivity index (χ1v) is 10.1. The van der Waals surface area contributed by atoms with Gasteiger partial charge in [0.2, 0.25) is 5.78 Å². The van der Waals surface area contributed by atoms with Gasteiger partial charge < -0.3 is 4.74 Å². The smallest absolute Gasteiger partial charge is 0.251 e. The van der Waals surface area contributed by atoms with Crippen molar-refractivity contribution in [2.24, 2.45) is 5.10 Å². The van der Waals surface area contributed by atoms with Crippen LogP contribution >= 0.6 is 11.6 Å². The van der Waals surface area contributed by atoms with Crippen LogP contribution in [0.15, 0.2) is 71.8 Å². The summed E-state index contributed by atoms with van der Waals surface area (Å²) in [5, 5.41) is 7.08. The van der Waals surface area contributed by atoms with Crippen LogP contribution in [-0.2, 0) is 0 Å². The maximum absolute atomic E-state index is 13.3. The lowest BCUT2D eigenvalue weighted by atomic mass is 9.95. The second-order valence-electron chi connectivity index (χ2n) is 7.54. The number of benzene rings is 3. The van der Waals surface area contributed by atoms with Crippen molar-refractivity contribution >= 4 is 23.1 Å². The highest BCUT2D eigenvalue weighted by molar-refractivity contribution is 6.30. The minimum Gasteiger partial charge on any atom is -0.461 e. The fraction of sp³-hybridized carbons (Fsp3) is 0.167. The maximum atomic E-state index is 13.3. The molecule has 0 unspecified atom stereocenters. The quantitative estimate of drug-likeness (QED) is 0.522. The lowest BCUT2D eigenvalue weighted by Gasteiger charge is -2.37. The summed E-state index contributed by atoms with van der Waals surface area (Å²) >= 11 is 6.23. The molecule has 0 fully saturated rings. The molecule has 0 aliphatic carbocycles. The van der Waals surface area contributed by atoms with Crippen LogP contribution in [0.2, 0.25) is 5.02 Å². The molecule has 2 heterocycles. The Labute approximate surface area is 178 Å². The molecule has 0 bridgehead atoms. The molecule has 0 aromatic heterocycles. The van der Waals surface area contributed by atoms with Crippen LogP contribution in [0, 0.1) is 12.7 Å². The number of aryl methyl sites for hydroxylation is 1. The molecule has 3 aromatic carbocycles. The summed E-state index contributed by atoms with van der Waals surface area (Å²) < 4.78 is 19.4. The standard InChI is InChI=1S/C24H18ClFN2O2/c1-14-2-4-15(5-3-14)20-13-21-19-12-17(25)8-11-22(19)30-24(28(21)27-20)23(29)16-6-9-18(26)10-7-16/h2-12,21,24H,13H2,1H3/t21-,24+/m0/s1. The van der Waals surface area contributed by atoms with Crippen molar-refractivity contribution in [1.82, 2.24) is 5.01 Å². The molecule has 0 radical (unpaired) electrons. The van der Waals surface area contributed by atoms with Crippen LogP contribution in [0.4, 0.5) is 4.39 Å². The van der Waals surface area contributed by atoms with Crippen LogP contribution < -0.4 is 4.74 Å². The number of ketones is 1. The molecule has 2 atom stereocenters. The van der Waals surface area contributed by atoms with Gasteiger partial charge in [-0.05, 0) is 55.0 Å². The Morgan fingerprint density at radius 2 is 1.83 bits per heavy atom. The monoisotopic (exact) mass is 420 g/mol. The number of hydrogen-bond acceptors (Lipinski definition) is 4. The second kappa shape index (κ2) is 7.26. The van der Waals surface area contributed by atoms with Crippen molar-refractivity contribution in [2.75, 3.05) is 0 Å². The van der Waals surface area contributed by atoms with Gasteiger partial charge in [0.05, 0.1) is 11.8 Å². The molecule has 4 nitrogen and oxygen atoms in total. The number of rotatable bonds is 3. The molecular weight excluding hydrogens is 403 g/mol. The molecule has 150 valence electrons. The van der Waals surface area contributed by atoms with E-state index < -0.39 is 12.0 Å². The van der Waals surface area contributed by atoms with Gasteiger partial charge in [-0.25, -0.2) is 9.40 Å². The maximum Gasteiger partial charge on any atom is 0.251 e. The number of carbonyl (C=O) groups excluding carboxylic acids is 1. The van der Waals surface area contributed by atoms with E-state index in [2.05, 4.69) is 0 Å². The SMILES string of the molecule is Cc1ccc(C2=NN3[C@@H](C(=O)c4ccc(F)cc4)Oc4ccc(Cl)cc4[C@@H]3C2)cc1. The number of hydrazone groups is 1. The third kappa shape index (κ3) is 3.25. The Balaban J connectivity index is 1.57. The number of Topliss-reactive ketones (excluding diaryl/α,β-unsaturated/α-hetero) is 1. The van der Waals surface area contributed by atoms with E-state index in [0.29, 0.717) is 22.8 Å². The van der Waals surface area contributed by atoms with E-state index in [1.807, 2.05) is 37.3 Å². The highest BCUT2D eigenvalue weighted by atomic mass is 35.5. The van der Waals surface area contributed by atoms with E-state index in [1.165, 1.54) is 29.8 Å². The Kier molecular flexibility index (Phi) is 4.55. The number of carbonyl (C=O) groups is 1. The highest BCUT2D eigenvalue weighted by Crippen LogP contribution is 2.44. The summed E-state index contributed by atoms with van der Waals surface area (Å²) in [5.41, 5.74) is 4.33. The van der Waals surface area contributed by atoms with E-state index in [0.717, 1.165) is 16.8 Å². The van der Waals surface area contributed by atoms with Gasteiger partial charge in [-0.3, -0.25) is 4.79 Å². The van der Waals surface area contributed by atoms with Crippen molar-refractivity contribution in [3.05, 3.63) is 99.8 Å². The van der Waals surface area contributed by atoms with Gasteiger partial charge in [-0.2, -0.15) is 5.10 Å². The minimum absolute atomic E-state index is 0.168. The third-order valence-corrected chi connectivity index (χ3v) is 5.72. The zero-order valence-electron chi connectivity index (χ0n) is 16.2. The van der Waals surface area contributed by atoms with Crippen LogP contribution in [0.25, 0.3) is 0 Å². The van der Waals surface area contributed by atoms with Gasteiger partial charge in [-0.1, -0.05) is 41.4 Å². The average molecular weight is 421 g/mol. The molecule has 0 saturated carbocycles. The van der Waals surface area contributed by atoms with Gasteiger partial charge in [-0.15, -0.1) is 0 Å². The van der Waals surface area contributed by atoms with Crippen molar-refractivity contribution in [3.8, 4) is 5.75 Å². The molecule has 0 amide bonds. The predicted octanol–water partition coefficient (Wildman–Crippen LogP) is 5.54. The third-order valence-electron chi connectivity index (χ3n) is 5.49. The van der Waals surface area contributed by atoms with Crippen molar-refractivity contribution in [2.45, 2.75) is 25.6 Å². The number of fused-ring (bicyclic) bond motifs is 3. The first kappa shape index (κ1) is 18.8. The molecule has 2 aliphatic heterocycles. The van der Waals surface area contributed by atoms with E-state index >= 15 is 0 Å². The van der Waals surface area contributed by atoms with Crippen LogP contribution in [0.3, 0.4) is 0 Å². The van der Waals surface area contributed by atoms with Crippen molar-refractivity contribution in [3.63, 3.8) is 0 Å². The van der Waals surface area contributed by atoms with Crippen molar-refractivity contribution in [1.29, 1.82) is 0 Å². The van der Waals surface area contributed by atoms with E-state index in [-0.39, 0.29) is 11.8 Å². The van der Waals surface area contributed by atoms with Crippen LogP contribution in [0.1, 0.15) is 39.5 Å². The van der Waals surface area contributed by atoms with Gasteiger partial charge in [0.15, 0.2) is 0 Å². The molecule has 6 heteroatoms. The molecule has 0 N–H and O–H groups in total. The minimum atomic E-state index is -0.933. The van der Waals surface area contributed by atoms with Gasteiger partial charge >= 0.3 is 0 Å². The largest absolute Gasteiger partial charge is 0.461 e. The van der Waals surface area contributed by atoms with Crippen LogP contribution in [0.5, 0.6) is 5.75 Å². The molecule has 3 aromatic rings. The molecule has 5 rings (SSSR count). The number of halogens is 2.